The van der Waals surface area contributed by atoms with Crippen molar-refractivity contribution in [2.75, 3.05) is 0 Å². The molecule has 34 heavy (non-hydrogen) atoms. The summed E-state index contributed by atoms with van der Waals surface area (Å²) in [6.07, 6.45) is 21.4. The first-order valence-corrected chi connectivity index (χ1v) is 13.5. The lowest BCUT2D eigenvalue weighted by molar-refractivity contribution is 0.317. The summed E-state index contributed by atoms with van der Waals surface area (Å²) in [4.78, 5) is 0. The van der Waals surface area contributed by atoms with Crippen LogP contribution in [0.1, 0.15) is 98.1 Å². The van der Waals surface area contributed by atoms with Gasteiger partial charge in [0.15, 0.2) is 0 Å². The van der Waals surface area contributed by atoms with E-state index in [0.29, 0.717) is 11.3 Å². The van der Waals surface area contributed by atoms with Crippen LogP contribution in [0, 0.1) is 17.3 Å². The second-order valence-corrected chi connectivity index (χ2v) is 11.6. The highest BCUT2D eigenvalue weighted by molar-refractivity contribution is 5.34. The first-order valence-electron chi connectivity index (χ1n) is 13.5. The van der Waals surface area contributed by atoms with Gasteiger partial charge in [0, 0.05) is 0 Å². The van der Waals surface area contributed by atoms with Gasteiger partial charge in [-0.2, -0.15) is 0 Å². The molecule has 0 bridgehead atoms. The van der Waals surface area contributed by atoms with Crippen LogP contribution >= 0.6 is 0 Å². The van der Waals surface area contributed by atoms with Gasteiger partial charge in [0.05, 0.1) is 0 Å². The molecule has 0 heteroatoms. The summed E-state index contributed by atoms with van der Waals surface area (Å²) in [6, 6.07) is 8.87. The lowest BCUT2D eigenvalue weighted by Gasteiger charge is -2.23. The van der Waals surface area contributed by atoms with Gasteiger partial charge < -0.3 is 0 Å². The first-order chi connectivity index (χ1) is 16.1. The molecule has 0 aromatic heterocycles. The Hall–Kier alpha value is -2.08. The topological polar surface area (TPSA) is 0 Å². The van der Waals surface area contributed by atoms with E-state index in [1.54, 1.807) is 16.7 Å². The van der Waals surface area contributed by atoms with E-state index in [4.69, 9.17) is 0 Å². The third-order valence-corrected chi connectivity index (χ3v) is 7.26. The Kier molecular flexibility index (Phi) is 11.4. The SMILES string of the molecule is C=C(C)CCC1(C)Cc2ccccc2C1.CC(C)C1=CCCC(C(C)C)=C1.CC1=CCCC=C1. The Labute approximate surface area is 211 Å². The molecule has 1 aromatic rings. The largest absolute Gasteiger partial charge is 0.100 e. The second kappa shape index (κ2) is 13.7. The molecule has 0 spiro atoms. The Morgan fingerprint density at radius 3 is 2.03 bits per heavy atom. The van der Waals surface area contributed by atoms with Crippen molar-refractivity contribution in [3.8, 4) is 0 Å². The average Bonchev–Trinajstić information content (AvgIpc) is 3.16. The molecule has 0 heterocycles. The summed E-state index contributed by atoms with van der Waals surface area (Å²) in [7, 11) is 0. The molecule has 1 aromatic carbocycles. The van der Waals surface area contributed by atoms with Crippen LogP contribution in [0.3, 0.4) is 0 Å². The van der Waals surface area contributed by atoms with Gasteiger partial charge in [-0.25, -0.2) is 0 Å². The van der Waals surface area contributed by atoms with Crippen LogP contribution in [0.2, 0.25) is 0 Å². The number of benzene rings is 1. The fourth-order valence-corrected chi connectivity index (χ4v) is 4.93. The molecule has 0 aliphatic heterocycles. The van der Waals surface area contributed by atoms with Crippen LogP contribution in [0.4, 0.5) is 0 Å². The fraction of sp³-hybridized carbons (Fsp3) is 0.529. The fourth-order valence-electron chi connectivity index (χ4n) is 4.93. The molecule has 0 amide bonds. The van der Waals surface area contributed by atoms with E-state index >= 15 is 0 Å². The van der Waals surface area contributed by atoms with Crippen molar-refractivity contribution in [2.45, 2.75) is 99.8 Å². The lowest BCUT2D eigenvalue weighted by Crippen LogP contribution is -2.16. The van der Waals surface area contributed by atoms with Gasteiger partial charge in [-0.05, 0) is 99.2 Å². The van der Waals surface area contributed by atoms with Gasteiger partial charge in [-0.1, -0.05) is 106 Å². The Balaban J connectivity index is 0.000000192. The van der Waals surface area contributed by atoms with Gasteiger partial charge in [-0.3, -0.25) is 0 Å². The van der Waals surface area contributed by atoms with Crippen molar-refractivity contribution in [1.82, 2.24) is 0 Å². The molecule has 3 aliphatic carbocycles. The molecule has 0 unspecified atom stereocenters. The predicted molar refractivity (Wildman–Crippen MR) is 153 cm³/mol. The third-order valence-electron chi connectivity index (χ3n) is 7.26. The van der Waals surface area contributed by atoms with E-state index in [-0.39, 0.29) is 0 Å². The summed E-state index contributed by atoms with van der Waals surface area (Å²) in [5.41, 5.74) is 9.47. The normalized spacial score (nSPS) is 18.1. The molecule has 0 saturated carbocycles. The molecule has 0 saturated heterocycles. The zero-order valence-corrected chi connectivity index (χ0v) is 23.2. The molecule has 0 radical (unpaired) electrons. The predicted octanol–water partition coefficient (Wildman–Crippen LogP) is 10.4. The third kappa shape index (κ3) is 9.65. The zero-order chi connectivity index (χ0) is 25.1. The summed E-state index contributed by atoms with van der Waals surface area (Å²) in [5, 5.41) is 0. The Morgan fingerprint density at radius 2 is 1.59 bits per heavy atom. The second-order valence-electron chi connectivity index (χ2n) is 11.6. The molecule has 0 N–H and O–H groups in total. The van der Waals surface area contributed by atoms with Gasteiger partial charge in [0.1, 0.15) is 0 Å². The van der Waals surface area contributed by atoms with Gasteiger partial charge in [0.25, 0.3) is 0 Å². The van der Waals surface area contributed by atoms with E-state index in [0.717, 1.165) is 5.92 Å². The van der Waals surface area contributed by atoms with Crippen molar-refractivity contribution in [3.05, 3.63) is 94.6 Å². The monoisotopic (exact) mass is 458 g/mol. The van der Waals surface area contributed by atoms with E-state index in [1.165, 1.54) is 68.1 Å². The maximum Gasteiger partial charge on any atom is -0.0219 e. The number of allylic oxidation sites excluding steroid dienone is 9. The minimum Gasteiger partial charge on any atom is -0.100 e. The quantitative estimate of drug-likeness (QED) is 0.385. The highest BCUT2D eigenvalue weighted by Gasteiger charge is 2.31. The first kappa shape index (κ1) is 28.2. The summed E-state index contributed by atoms with van der Waals surface area (Å²) in [6.45, 7) is 19.8. The van der Waals surface area contributed by atoms with Crippen LogP contribution in [0.5, 0.6) is 0 Å². The van der Waals surface area contributed by atoms with Crippen LogP contribution in [0.15, 0.2) is 83.5 Å². The van der Waals surface area contributed by atoms with E-state index in [2.05, 4.69) is 110 Å². The Bertz CT molecular complexity index is 888. The van der Waals surface area contributed by atoms with Crippen LogP contribution in [-0.2, 0) is 12.8 Å². The maximum atomic E-state index is 4.00. The molecular formula is C34H50. The van der Waals surface area contributed by atoms with Gasteiger partial charge >= 0.3 is 0 Å². The molecule has 186 valence electrons. The minimum absolute atomic E-state index is 0.475. The van der Waals surface area contributed by atoms with E-state index < -0.39 is 0 Å². The lowest BCUT2D eigenvalue weighted by atomic mass is 9.81. The Morgan fingerprint density at radius 1 is 0.941 bits per heavy atom. The van der Waals surface area contributed by atoms with Crippen molar-refractivity contribution < 1.29 is 0 Å². The summed E-state index contributed by atoms with van der Waals surface area (Å²) >= 11 is 0. The molecule has 0 fully saturated rings. The smallest absolute Gasteiger partial charge is 0.0219 e. The number of fused-ring (bicyclic) bond motifs is 1. The number of hydrogen-bond acceptors (Lipinski definition) is 0. The molecule has 3 aliphatic rings. The number of rotatable bonds is 5. The van der Waals surface area contributed by atoms with E-state index in [9.17, 15) is 0 Å². The van der Waals surface area contributed by atoms with Crippen molar-refractivity contribution in [3.63, 3.8) is 0 Å². The number of hydrogen-bond donors (Lipinski definition) is 0. The maximum absolute atomic E-state index is 4.00. The summed E-state index contributed by atoms with van der Waals surface area (Å²) in [5.74, 6) is 1.42. The zero-order valence-electron chi connectivity index (χ0n) is 23.2. The molecule has 0 atom stereocenters. The van der Waals surface area contributed by atoms with Crippen molar-refractivity contribution >= 4 is 0 Å². The van der Waals surface area contributed by atoms with Crippen LogP contribution < -0.4 is 0 Å². The molecule has 0 nitrogen and oxygen atoms in total. The average molecular weight is 459 g/mol. The van der Waals surface area contributed by atoms with E-state index in [1.807, 2.05) is 0 Å². The standard InChI is InChI=1S/C15H20.C12H20.C7H10/c1-12(2)8-9-15(3)10-13-6-4-5-7-14(13)11-15;1-9(2)11-6-5-7-12(8-11)10(3)4;1-7-5-3-2-4-6-7/h4-7H,1,8-11H2,2-3H3;6,8-10H,5,7H2,1-4H3;3,5-6H,2,4H2,1H3. The van der Waals surface area contributed by atoms with Gasteiger partial charge in [0.2, 0.25) is 0 Å². The van der Waals surface area contributed by atoms with Crippen molar-refractivity contribution in [1.29, 1.82) is 0 Å². The van der Waals surface area contributed by atoms with Crippen molar-refractivity contribution in [2.24, 2.45) is 17.3 Å². The minimum atomic E-state index is 0.475. The summed E-state index contributed by atoms with van der Waals surface area (Å²) < 4.78 is 0. The highest BCUT2D eigenvalue weighted by Crippen LogP contribution is 2.40. The van der Waals surface area contributed by atoms with Crippen LogP contribution in [0.25, 0.3) is 0 Å². The highest BCUT2D eigenvalue weighted by atomic mass is 14.4. The molecule has 4 rings (SSSR count). The van der Waals surface area contributed by atoms with Gasteiger partial charge in [-0.15, -0.1) is 6.58 Å². The molecular weight excluding hydrogens is 408 g/mol. The van der Waals surface area contributed by atoms with Crippen LogP contribution in [-0.4, -0.2) is 0 Å².